The SMILES string of the molecule is Cc1c(Cl)cccc1N=C1NC(=O)/C(=C/c2ccc3c(c2)OCO3)S1. The monoisotopic (exact) mass is 372 g/mol. The maximum Gasteiger partial charge on any atom is 0.264 e. The largest absolute Gasteiger partial charge is 0.454 e. The summed E-state index contributed by atoms with van der Waals surface area (Å²) in [6.45, 7) is 2.12. The van der Waals surface area contributed by atoms with Gasteiger partial charge in [-0.3, -0.25) is 4.79 Å². The van der Waals surface area contributed by atoms with E-state index in [4.69, 9.17) is 21.1 Å². The molecule has 5 nitrogen and oxygen atoms in total. The van der Waals surface area contributed by atoms with E-state index in [9.17, 15) is 4.79 Å². The number of thioether (sulfide) groups is 1. The van der Waals surface area contributed by atoms with Gasteiger partial charge < -0.3 is 14.8 Å². The van der Waals surface area contributed by atoms with Crippen molar-refractivity contribution in [2.45, 2.75) is 6.92 Å². The molecule has 2 aromatic carbocycles. The quantitative estimate of drug-likeness (QED) is 0.800. The predicted octanol–water partition coefficient (Wildman–Crippen LogP) is 4.27. The fourth-order valence-corrected chi connectivity index (χ4v) is 3.47. The van der Waals surface area contributed by atoms with Crippen LogP contribution in [0.15, 0.2) is 46.3 Å². The normalized spacial score (nSPS) is 18.9. The number of nitrogens with zero attached hydrogens (tertiary/aromatic N) is 1. The smallest absolute Gasteiger partial charge is 0.264 e. The minimum absolute atomic E-state index is 0.180. The Bertz CT molecular complexity index is 940. The molecule has 1 N–H and O–H groups in total. The number of ether oxygens (including phenoxy) is 2. The molecule has 0 radical (unpaired) electrons. The number of benzene rings is 2. The number of fused-ring (bicyclic) bond motifs is 1. The minimum Gasteiger partial charge on any atom is -0.454 e. The Balaban J connectivity index is 1.60. The van der Waals surface area contributed by atoms with E-state index in [2.05, 4.69) is 10.3 Å². The average Bonchev–Trinajstić information content (AvgIpc) is 3.18. The maximum absolute atomic E-state index is 12.2. The van der Waals surface area contributed by atoms with Crippen LogP contribution in [0.25, 0.3) is 6.08 Å². The number of aliphatic imine (C=N–C) groups is 1. The van der Waals surface area contributed by atoms with Crippen LogP contribution >= 0.6 is 23.4 Å². The van der Waals surface area contributed by atoms with Crippen LogP contribution < -0.4 is 14.8 Å². The van der Waals surface area contributed by atoms with E-state index in [1.807, 2.05) is 43.3 Å². The third kappa shape index (κ3) is 3.23. The van der Waals surface area contributed by atoms with Gasteiger partial charge in [-0.2, -0.15) is 0 Å². The van der Waals surface area contributed by atoms with Crippen molar-refractivity contribution in [2.24, 2.45) is 4.99 Å². The van der Waals surface area contributed by atoms with Crippen molar-refractivity contribution in [3.8, 4) is 11.5 Å². The van der Waals surface area contributed by atoms with E-state index in [0.717, 1.165) is 16.8 Å². The Kier molecular flexibility index (Phi) is 4.15. The summed E-state index contributed by atoms with van der Waals surface area (Å²) in [5.41, 5.74) is 2.47. The molecule has 1 fully saturated rings. The third-order valence-electron chi connectivity index (χ3n) is 3.81. The van der Waals surface area contributed by atoms with Crippen LogP contribution in [0.2, 0.25) is 5.02 Å². The maximum atomic E-state index is 12.2. The van der Waals surface area contributed by atoms with Gasteiger partial charge in [0.25, 0.3) is 5.91 Å². The standard InChI is InChI=1S/C18H13ClN2O3S/c1-10-12(19)3-2-4-13(10)20-18-21-17(22)16(25-18)8-11-5-6-14-15(7-11)24-9-23-14/h2-8H,9H2,1H3,(H,20,21,22)/b16-8-. The fourth-order valence-electron chi connectivity index (χ4n) is 2.46. The molecule has 25 heavy (non-hydrogen) atoms. The van der Waals surface area contributed by atoms with E-state index >= 15 is 0 Å². The lowest BCUT2D eigenvalue weighted by Gasteiger charge is -2.02. The lowest BCUT2D eigenvalue weighted by atomic mass is 10.2. The first-order valence-corrected chi connectivity index (χ1v) is 8.74. The summed E-state index contributed by atoms with van der Waals surface area (Å²) in [4.78, 5) is 17.3. The minimum atomic E-state index is -0.180. The lowest BCUT2D eigenvalue weighted by molar-refractivity contribution is -0.115. The van der Waals surface area contributed by atoms with Crippen molar-refractivity contribution in [2.75, 3.05) is 6.79 Å². The van der Waals surface area contributed by atoms with Crippen LogP contribution in [0.4, 0.5) is 5.69 Å². The summed E-state index contributed by atoms with van der Waals surface area (Å²) in [6.07, 6.45) is 1.80. The van der Waals surface area contributed by atoms with Crippen molar-refractivity contribution < 1.29 is 14.3 Å². The van der Waals surface area contributed by atoms with Crippen LogP contribution in [-0.4, -0.2) is 17.9 Å². The Morgan fingerprint density at radius 1 is 1.24 bits per heavy atom. The van der Waals surface area contributed by atoms with E-state index in [1.165, 1.54) is 11.8 Å². The zero-order valence-corrected chi connectivity index (χ0v) is 14.8. The van der Waals surface area contributed by atoms with Gasteiger partial charge in [0.15, 0.2) is 16.7 Å². The van der Waals surface area contributed by atoms with Crippen molar-refractivity contribution in [1.29, 1.82) is 0 Å². The number of hydrogen-bond acceptors (Lipinski definition) is 5. The van der Waals surface area contributed by atoms with Gasteiger partial charge in [-0.15, -0.1) is 0 Å². The molecule has 0 saturated carbocycles. The summed E-state index contributed by atoms with van der Waals surface area (Å²) < 4.78 is 10.7. The zero-order valence-electron chi connectivity index (χ0n) is 13.2. The summed E-state index contributed by atoms with van der Waals surface area (Å²) in [6, 6.07) is 11.1. The molecule has 2 aromatic rings. The Hall–Kier alpha value is -2.44. The molecule has 2 heterocycles. The van der Waals surface area contributed by atoms with Crippen molar-refractivity contribution >= 4 is 46.2 Å². The zero-order chi connectivity index (χ0) is 17.4. The van der Waals surface area contributed by atoms with Crippen LogP contribution in [0.5, 0.6) is 11.5 Å². The molecule has 0 bridgehead atoms. The highest BCUT2D eigenvalue weighted by atomic mass is 35.5. The first-order valence-electron chi connectivity index (χ1n) is 7.54. The van der Waals surface area contributed by atoms with Crippen molar-refractivity contribution in [1.82, 2.24) is 5.32 Å². The molecular formula is C18H13ClN2O3S. The van der Waals surface area contributed by atoms with Gasteiger partial charge in [0.2, 0.25) is 6.79 Å². The summed E-state index contributed by atoms with van der Waals surface area (Å²) in [5, 5.41) is 3.95. The molecule has 126 valence electrons. The van der Waals surface area contributed by atoms with Gasteiger partial charge in [0.05, 0.1) is 10.6 Å². The molecular weight excluding hydrogens is 360 g/mol. The Morgan fingerprint density at radius 2 is 2.08 bits per heavy atom. The predicted molar refractivity (Wildman–Crippen MR) is 99.6 cm³/mol. The van der Waals surface area contributed by atoms with Crippen molar-refractivity contribution in [3.05, 3.63) is 57.5 Å². The van der Waals surface area contributed by atoms with Crippen LogP contribution in [0, 0.1) is 6.92 Å². The number of nitrogens with one attached hydrogen (secondary N) is 1. The number of amidine groups is 1. The molecule has 4 rings (SSSR count). The average molecular weight is 373 g/mol. The summed E-state index contributed by atoms with van der Waals surface area (Å²) in [7, 11) is 0. The van der Waals surface area contributed by atoms with Gasteiger partial charge in [-0.1, -0.05) is 23.7 Å². The number of halogens is 1. The van der Waals surface area contributed by atoms with Crippen LogP contribution in [0.3, 0.4) is 0 Å². The molecule has 2 aliphatic rings. The number of carbonyl (C=O) groups excluding carboxylic acids is 1. The topological polar surface area (TPSA) is 59.9 Å². The molecule has 0 spiro atoms. The second kappa shape index (κ2) is 6.46. The molecule has 0 aromatic heterocycles. The molecule has 7 heteroatoms. The second-order valence-electron chi connectivity index (χ2n) is 5.48. The second-order valence-corrected chi connectivity index (χ2v) is 6.92. The van der Waals surface area contributed by atoms with Crippen molar-refractivity contribution in [3.63, 3.8) is 0 Å². The summed E-state index contributed by atoms with van der Waals surface area (Å²) >= 11 is 7.41. The molecule has 0 atom stereocenters. The van der Waals surface area contributed by atoms with Gasteiger partial charge >= 0.3 is 0 Å². The number of amides is 1. The van der Waals surface area contributed by atoms with Crippen LogP contribution in [-0.2, 0) is 4.79 Å². The Labute approximate surface area is 153 Å². The highest BCUT2D eigenvalue weighted by Gasteiger charge is 2.24. The highest BCUT2D eigenvalue weighted by molar-refractivity contribution is 8.18. The van der Waals surface area contributed by atoms with E-state index in [1.54, 1.807) is 6.08 Å². The fraction of sp³-hybridized carbons (Fsp3) is 0.111. The van der Waals surface area contributed by atoms with Gasteiger partial charge in [0, 0.05) is 5.02 Å². The molecule has 1 amide bonds. The Morgan fingerprint density at radius 3 is 2.96 bits per heavy atom. The van der Waals surface area contributed by atoms with Crippen LogP contribution in [0.1, 0.15) is 11.1 Å². The first-order chi connectivity index (χ1) is 12.1. The van der Waals surface area contributed by atoms with E-state index in [0.29, 0.717) is 26.6 Å². The van der Waals surface area contributed by atoms with E-state index < -0.39 is 0 Å². The van der Waals surface area contributed by atoms with Gasteiger partial charge in [-0.25, -0.2) is 4.99 Å². The lowest BCUT2D eigenvalue weighted by Crippen LogP contribution is -2.19. The highest BCUT2D eigenvalue weighted by Crippen LogP contribution is 2.35. The molecule has 1 saturated heterocycles. The number of hydrogen-bond donors (Lipinski definition) is 1. The number of rotatable bonds is 2. The summed E-state index contributed by atoms with van der Waals surface area (Å²) in [5.74, 6) is 1.21. The van der Waals surface area contributed by atoms with Gasteiger partial charge in [-0.05, 0) is 60.2 Å². The molecule has 0 unspecified atom stereocenters. The van der Waals surface area contributed by atoms with Gasteiger partial charge in [0.1, 0.15) is 0 Å². The first kappa shape index (κ1) is 16.1. The molecule has 2 aliphatic heterocycles. The molecule has 0 aliphatic carbocycles. The number of carbonyl (C=O) groups is 1. The third-order valence-corrected chi connectivity index (χ3v) is 5.13. The van der Waals surface area contributed by atoms with E-state index in [-0.39, 0.29) is 12.7 Å².